The van der Waals surface area contributed by atoms with Crippen molar-refractivity contribution in [1.29, 1.82) is 0 Å². The van der Waals surface area contributed by atoms with E-state index >= 15 is 0 Å². The Kier molecular flexibility index (Phi) is 5.46. The average Bonchev–Trinajstić information content (AvgIpc) is 2.57. The smallest absolute Gasteiger partial charge is 0.128 e. The predicted molar refractivity (Wildman–Crippen MR) is 92.1 cm³/mol. The van der Waals surface area contributed by atoms with Gasteiger partial charge in [-0.3, -0.25) is 0 Å². The number of hydrogen-bond donors (Lipinski definition) is 1. The van der Waals surface area contributed by atoms with Crippen LogP contribution in [0.15, 0.2) is 30.5 Å². The fourth-order valence-electron chi connectivity index (χ4n) is 3.21. The summed E-state index contributed by atoms with van der Waals surface area (Å²) < 4.78 is 0. The molecule has 1 aromatic heterocycles. The van der Waals surface area contributed by atoms with Gasteiger partial charge in [-0.25, -0.2) is 4.98 Å². The number of anilines is 1. The Balaban J connectivity index is 1.44. The lowest BCUT2D eigenvalue weighted by atomic mass is 9.94. The minimum absolute atomic E-state index is 0.808. The highest BCUT2D eigenvalue weighted by atomic mass is 15.3. The second-order valence-electron chi connectivity index (χ2n) is 6.60. The molecule has 1 saturated heterocycles. The van der Waals surface area contributed by atoms with Crippen molar-refractivity contribution in [3.05, 3.63) is 36.0 Å². The fourth-order valence-corrected chi connectivity index (χ4v) is 3.21. The fraction of sp³-hybridized carbons (Fsp3) is 0.611. The van der Waals surface area contributed by atoms with Crippen LogP contribution in [0, 0.1) is 5.92 Å². The summed E-state index contributed by atoms with van der Waals surface area (Å²) in [5.41, 5.74) is 1.28. The monoisotopic (exact) mass is 300 g/mol. The van der Waals surface area contributed by atoms with Crippen molar-refractivity contribution in [3.63, 3.8) is 0 Å². The number of nitrogens with zero attached hydrogens (tertiary/aromatic N) is 3. The molecular formula is C18H28N4. The topological polar surface area (TPSA) is 31.4 Å². The summed E-state index contributed by atoms with van der Waals surface area (Å²) in [6.45, 7) is 6.45. The lowest BCUT2D eigenvalue weighted by Crippen LogP contribution is -2.44. The van der Waals surface area contributed by atoms with Gasteiger partial charge in [0.2, 0.25) is 0 Å². The number of pyridine rings is 1. The van der Waals surface area contributed by atoms with E-state index in [4.69, 9.17) is 0 Å². The number of aromatic nitrogens is 1. The molecule has 0 saturated carbocycles. The van der Waals surface area contributed by atoms with Gasteiger partial charge in [0.05, 0.1) is 0 Å². The van der Waals surface area contributed by atoms with Crippen LogP contribution in [0.4, 0.5) is 5.82 Å². The highest BCUT2D eigenvalue weighted by molar-refractivity contribution is 5.39. The molecule has 3 rings (SSSR count). The highest BCUT2D eigenvalue weighted by Gasteiger charge is 2.15. The van der Waals surface area contributed by atoms with Gasteiger partial charge in [-0.1, -0.05) is 18.2 Å². The Bertz CT molecular complexity index is 474. The maximum atomic E-state index is 4.65. The summed E-state index contributed by atoms with van der Waals surface area (Å²) in [6, 6.07) is 4.39. The third-order valence-corrected chi connectivity index (χ3v) is 4.78. The minimum atomic E-state index is 0.808. The van der Waals surface area contributed by atoms with Crippen molar-refractivity contribution in [2.75, 3.05) is 44.7 Å². The number of likely N-dealkylation sites (N-methyl/N-ethyl adjacent to an activating group) is 1. The van der Waals surface area contributed by atoms with Crippen molar-refractivity contribution in [3.8, 4) is 0 Å². The number of allylic oxidation sites excluding steroid dienone is 2. The molecule has 0 spiro atoms. The molecule has 120 valence electrons. The third-order valence-electron chi connectivity index (χ3n) is 4.78. The number of hydrogen-bond acceptors (Lipinski definition) is 4. The first kappa shape index (κ1) is 15.5. The van der Waals surface area contributed by atoms with Crippen LogP contribution >= 0.6 is 0 Å². The summed E-state index contributed by atoms with van der Waals surface area (Å²) >= 11 is 0. The van der Waals surface area contributed by atoms with Gasteiger partial charge in [-0.05, 0) is 50.4 Å². The zero-order valence-electron chi connectivity index (χ0n) is 13.7. The van der Waals surface area contributed by atoms with Gasteiger partial charge >= 0.3 is 0 Å². The maximum Gasteiger partial charge on any atom is 0.128 e. The Hall–Kier alpha value is -1.39. The van der Waals surface area contributed by atoms with E-state index in [9.17, 15) is 0 Å². The molecule has 0 bridgehead atoms. The molecular weight excluding hydrogens is 272 g/mol. The van der Waals surface area contributed by atoms with Crippen LogP contribution in [0.1, 0.15) is 24.8 Å². The van der Waals surface area contributed by atoms with E-state index in [-0.39, 0.29) is 0 Å². The van der Waals surface area contributed by atoms with E-state index < -0.39 is 0 Å². The van der Waals surface area contributed by atoms with Crippen LogP contribution in [0.5, 0.6) is 0 Å². The van der Waals surface area contributed by atoms with Crippen LogP contribution in [0.3, 0.4) is 0 Å². The van der Waals surface area contributed by atoms with Gasteiger partial charge in [0, 0.05) is 38.9 Å². The predicted octanol–water partition coefficient (Wildman–Crippen LogP) is 2.28. The van der Waals surface area contributed by atoms with E-state index in [1.54, 1.807) is 0 Å². The van der Waals surface area contributed by atoms with Crippen LogP contribution in [0.25, 0.3) is 0 Å². The van der Waals surface area contributed by atoms with Crippen LogP contribution in [0.2, 0.25) is 0 Å². The van der Waals surface area contributed by atoms with E-state index in [0.29, 0.717) is 0 Å². The summed E-state index contributed by atoms with van der Waals surface area (Å²) in [5.74, 6) is 1.93. The molecule has 22 heavy (non-hydrogen) atoms. The van der Waals surface area contributed by atoms with Gasteiger partial charge in [0.15, 0.2) is 0 Å². The van der Waals surface area contributed by atoms with Crippen molar-refractivity contribution < 1.29 is 0 Å². The molecule has 1 aliphatic heterocycles. The molecule has 2 heterocycles. The lowest BCUT2D eigenvalue weighted by Gasteiger charge is -2.33. The highest BCUT2D eigenvalue weighted by Crippen LogP contribution is 2.17. The second kappa shape index (κ2) is 7.75. The molecule has 1 unspecified atom stereocenters. The molecule has 0 aromatic carbocycles. The summed E-state index contributed by atoms with van der Waals surface area (Å²) in [5, 5.41) is 3.58. The summed E-state index contributed by atoms with van der Waals surface area (Å²) in [7, 11) is 2.18. The number of nitrogens with one attached hydrogen (secondary N) is 1. The molecule has 0 radical (unpaired) electrons. The molecule has 1 fully saturated rings. The first-order valence-electron chi connectivity index (χ1n) is 8.55. The largest absolute Gasteiger partial charge is 0.354 e. The summed E-state index contributed by atoms with van der Waals surface area (Å²) in [6.07, 6.45) is 10.5. The van der Waals surface area contributed by atoms with E-state index in [1.807, 2.05) is 6.20 Å². The lowest BCUT2D eigenvalue weighted by molar-refractivity contribution is 0.312. The van der Waals surface area contributed by atoms with Crippen LogP contribution < -0.4 is 10.2 Å². The van der Waals surface area contributed by atoms with Gasteiger partial charge in [-0.15, -0.1) is 0 Å². The first-order valence-corrected chi connectivity index (χ1v) is 8.55. The Morgan fingerprint density at radius 2 is 2.05 bits per heavy atom. The molecule has 1 aliphatic carbocycles. The van der Waals surface area contributed by atoms with Crippen LogP contribution in [-0.2, 0) is 6.54 Å². The Labute approximate surface area is 134 Å². The summed E-state index contributed by atoms with van der Waals surface area (Å²) in [4.78, 5) is 9.40. The van der Waals surface area contributed by atoms with Gasteiger partial charge in [-0.2, -0.15) is 0 Å². The van der Waals surface area contributed by atoms with Crippen molar-refractivity contribution in [2.24, 2.45) is 5.92 Å². The van der Waals surface area contributed by atoms with E-state index in [2.05, 4.69) is 51.4 Å². The van der Waals surface area contributed by atoms with Gasteiger partial charge < -0.3 is 15.1 Å². The van der Waals surface area contributed by atoms with E-state index in [1.165, 1.54) is 24.8 Å². The van der Waals surface area contributed by atoms with E-state index in [0.717, 1.165) is 51.0 Å². The second-order valence-corrected chi connectivity index (χ2v) is 6.60. The first-order chi connectivity index (χ1) is 10.8. The standard InChI is InChI=1S/C18H28N4/c1-21-9-11-22(12-10-21)18-8-7-17(15-20-18)14-19-13-16-5-3-2-4-6-16/h2-3,7-8,15-16,19H,4-6,9-14H2,1H3. The molecule has 4 heteroatoms. The van der Waals surface area contributed by atoms with Crippen molar-refractivity contribution in [2.45, 2.75) is 25.8 Å². The Morgan fingerprint density at radius 1 is 1.18 bits per heavy atom. The number of rotatable bonds is 5. The van der Waals surface area contributed by atoms with Crippen molar-refractivity contribution >= 4 is 5.82 Å². The quantitative estimate of drug-likeness (QED) is 0.845. The molecule has 1 N–H and O–H groups in total. The van der Waals surface area contributed by atoms with Crippen LogP contribution in [-0.4, -0.2) is 49.7 Å². The third kappa shape index (κ3) is 4.31. The molecule has 1 atom stereocenters. The molecule has 4 nitrogen and oxygen atoms in total. The zero-order chi connectivity index (χ0) is 15.2. The number of piperazine rings is 1. The average molecular weight is 300 g/mol. The minimum Gasteiger partial charge on any atom is -0.354 e. The normalized spacial score (nSPS) is 23.0. The van der Waals surface area contributed by atoms with Crippen molar-refractivity contribution in [1.82, 2.24) is 15.2 Å². The van der Waals surface area contributed by atoms with Gasteiger partial charge in [0.1, 0.15) is 5.82 Å². The zero-order valence-corrected chi connectivity index (χ0v) is 13.7. The van der Waals surface area contributed by atoms with Gasteiger partial charge in [0.25, 0.3) is 0 Å². The maximum absolute atomic E-state index is 4.65. The molecule has 0 amide bonds. The SMILES string of the molecule is CN1CCN(c2ccc(CNCC3CC=CCC3)cn2)CC1. The molecule has 1 aromatic rings. The Morgan fingerprint density at radius 3 is 2.73 bits per heavy atom. The molecule has 2 aliphatic rings.